The van der Waals surface area contributed by atoms with Crippen LogP contribution < -0.4 is 8.85 Å². The predicted octanol–water partition coefficient (Wildman–Crippen LogP) is 19.3. The molecule has 8 heteroatoms. The zero-order valence-electron chi connectivity index (χ0n) is 54.2. The van der Waals surface area contributed by atoms with Crippen LogP contribution in [0.4, 0.5) is 0 Å². The SMILES string of the molecule is CC(C)(C)[Si](C)(C)Oc1c2c(c(O[Si](C)(C)C(C)(C)C)c3c1[C@H]1O[C@@H]3C3C1C1(c4ccccc4)C(=O)C3(c3ccccc3)C(c3ccccc3)=C1c1ccccc1)C1OC2C2C1C1(c3ccccc3)C(=O)C2(c2ccccc2)C(c2ccccc2)=C1c1ccccc1. The lowest BCUT2D eigenvalue weighted by molar-refractivity contribution is -0.126. The minimum Gasteiger partial charge on any atom is -0.543 e. The molecule has 4 aliphatic carbocycles. The van der Waals surface area contributed by atoms with Crippen molar-refractivity contribution >= 4 is 50.5 Å². The summed E-state index contributed by atoms with van der Waals surface area (Å²) in [6, 6.07) is 85.7. The third-order valence-electron chi connectivity index (χ3n) is 24.4. The summed E-state index contributed by atoms with van der Waals surface area (Å²) in [4.78, 5) is 35.9. The fraction of sp³-hybridized carbons (Fsp3) is 0.286. The Balaban J connectivity index is 1.03. The molecule has 0 aromatic heterocycles. The summed E-state index contributed by atoms with van der Waals surface area (Å²) in [5.41, 5.74) is 11.1. The number of fused-ring (bicyclic) bond motifs is 24. The summed E-state index contributed by atoms with van der Waals surface area (Å²) in [6.45, 7) is 23.4. The van der Waals surface area contributed by atoms with Crippen LogP contribution >= 0.6 is 0 Å². The van der Waals surface area contributed by atoms with Crippen LogP contribution in [0.2, 0.25) is 36.3 Å². The van der Waals surface area contributed by atoms with Crippen LogP contribution in [0.25, 0.3) is 22.3 Å². The zero-order valence-corrected chi connectivity index (χ0v) is 56.2. The van der Waals surface area contributed by atoms with Gasteiger partial charge in [-0.15, -0.1) is 0 Å². The van der Waals surface area contributed by atoms with Gasteiger partial charge in [0.25, 0.3) is 16.6 Å². The van der Waals surface area contributed by atoms with Crippen LogP contribution in [0.1, 0.15) is 133 Å². The molecule has 4 heterocycles. The molecular weight excluding hydrogens is 1160 g/mol. The number of hydrogen-bond acceptors (Lipinski definition) is 6. The van der Waals surface area contributed by atoms with Crippen molar-refractivity contribution in [2.45, 2.75) is 124 Å². The molecule has 6 nitrogen and oxygen atoms in total. The van der Waals surface area contributed by atoms with Gasteiger partial charge in [0.2, 0.25) is 0 Å². The molecule has 9 aromatic carbocycles. The van der Waals surface area contributed by atoms with E-state index in [0.717, 1.165) is 101 Å². The first-order chi connectivity index (χ1) is 44.3. The summed E-state index contributed by atoms with van der Waals surface area (Å²) >= 11 is 0. The standard InChI is InChI=1S/C84H78O6Si2/c1-79(2,3)91(7,8)89-71-59-61(75-69-67(73(59)87-75)81(55-43-27-15-28-44-55)63(51-35-19-11-20-36-51)65(53-39-23-13-24-40-53)83(69,77(81)85)57-47-31-17-32-48-57)72(90-92(9,10)80(4,5)6)62-60(71)74-68-70(76(62)88-74)84(58-49-33-18-34-50-58)66(54-41-25-14-26-42-54)64(52-37-21-12-22-38-52)82(68,78(84)86)56-45-29-16-30-46-56/h11-50,67-70,73-76H,1-10H3/t67?,68?,69?,70?,73-,74?,75+,76?,81?,82?,83?,84?. The van der Waals surface area contributed by atoms with Gasteiger partial charge in [-0.3, -0.25) is 9.59 Å². The number of hydrogen-bond donors (Lipinski definition) is 0. The number of allylic oxidation sites excluding steroid dienone is 4. The van der Waals surface area contributed by atoms with Gasteiger partial charge < -0.3 is 18.3 Å². The van der Waals surface area contributed by atoms with E-state index in [9.17, 15) is 0 Å². The highest BCUT2D eigenvalue weighted by Crippen LogP contribution is 2.87. The lowest BCUT2D eigenvalue weighted by atomic mass is 9.52. The quantitative estimate of drug-likeness (QED) is 0.114. The third kappa shape index (κ3) is 7.01. The van der Waals surface area contributed by atoms with Gasteiger partial charge >= 0.3 is 0 Å². The fourth-order valence-corrected chi connectivity index (χ4v) is 21.1. The second-order valence-electron chi connectivity index (χ2n) is 30.4. The van der Waals surface area contributed by atoms with E-state index in [2.05, 4.69) is 310 Å². The van der Waals surface area contributed by atoms with Crippen LogP contribution in [-0.4, -0.2) is 28.2 Å². The highest BCUT2D eigenvalue weighted by molar-refractivity contribution is 6.75. The molecule has 9 aromatic rings. The minimum absolute atomic E-state index is 0.183. The van der Waals surface area contributed by atoms with Crippen LogP contribution in [0.3, 0.4) is 0 Å². The minimum atomic E-state index is -2.85. The largest absolute Gasteiger partial charge is 0.543 e. The first-order valence-electron chi connectivity index (χ1n) is 33.3. The topological polar surface area (TPSA) is 71.1 Å². The van der Waals surface area contributed by atoms with Crippen molar-refractivity contribution in [2.75, 3.05) is 0 Å². The van der Waals surface area contributed by atoms with E-state index < -0.39 is 86.4 Å². The van der Waals surface area contributed by atoms with E-state index in [-0.39, 0.29) is 21.6 Å². The molecule has 0 amide bonds. The van der Waals surface area contributed by atoms with E-state index in [1.165, 1.54) is 0 Å². The van der Waals surface area contributed by atoms with E-state index >= 15 is 9.59 Å². The first kappa shape index (κ1) is 57.6. The Morgan fingerprint density at radius 1 is 0.304 bits per heavy atom. The molecule has 0 spiro atoms. The number of ether oxygens (including phenoxy) is 2. The van der Waals surface area contributed by atoms with Crippen molar-refractivity contribution in [1.82, 2.24) is 0 Å². The number of Topliss-reactive ketones (excluding diaryl/α,β-unsaturated/α-hetero) is 2. The monoisotopic (exact) mass is 1240 g/mol. The maximum atomic E-state index is 17.9. The Labute approximate surface area is 543 Å². The molecule has 458 valence electrons. The number of carbonyl (C=O) groups excluding carboxylic acids is 2. The molecule has 10 unspecified atom stereocenters. The summed E-state index contributed by atoms with van der Waals surface area (Å²) in [5, 5.41) is -0.495. The summed E-state index contributed by atoms with van der Waals surface area (Å²) in [6.07, 6.45) is -2.57. The fourth-order valence-electron chi connectivity index (χ4n) is 19.0. The van der Waals surface area contributed by atoms with Crippen molar-refractivity contribution in [3.05, 3.63) is 309 Å². The van der Waals surface area contributed by atoms with Gasteiger partial charge in [0.15, 0.2) is 11.6 Å². The van der Waals surface area contributed by atoms with Crippen molar-refractivity contribution in [2.24, 2.45) is 23.7 Å². The lowest BCUT2D eigenvalue weighted by Crippen LogP contribution is -2.48. The Morgan fingerprint density at radius 3 is 0.674 bits per heavy atom. The van der Waals surface area contributed by atoms with Crippen LogP contribution in [0, 0.1) is 23.7 Å². The highest BCUT2D eigenvalue weighted by Gasteiger charge is 2.86. The van der Waals surface area contributed by atoms with E-state index in [0.29, 0.717) is 0 Å². The van der Waals surface area contributed by atoms with Gasteiger partial charge in [0, 0.05) is 45.9 Å². The van der Waals surface area contributed by atoms with Gasteiger partial charge in [-0.05, 0) is 103 Å². The van der Waals surface area contributed by atoms with E-state index in [4.69, 9.17) is 18.3 Å². The molecule has 12 atom stereocenters. The van der Waals surface area contributed by atoms with Crippen molar-refractivity contribution in [3.63, 3.8) is 0 Å². The highest BCUT2D eigenvalue weighted by atomic mass is 28.4. The molecule has 0 radical (unpaired) electrons. The average molecular weight is 1240 g/mol. The summed E-state index contributed by atoms with van der Waals surface area (Å²) in [7, 11) is -5.69. The van der Waals surface area contributed by atoms with Gasteiger partial charge in [-0.2, -0.15) is 0 Å². The molecule has 8 aliphatic rings. The maximum absolute atomic E-state index is 17.9. The number of ketones is 2. The lowest BCUT2D eigenvalue weighted by Gasteiger charge is -2.49. The Hall–Kier alpha value is -8.25. The van der Waals surface area contributed by atoms with Gasteiger partial charge in [0.05, 0.1) is 46.1 Å². The summed E-state index contributed by atoms with van der Waals surface area (Å²) < 4.78 is 33.2. The van der Waals surface area contributed by atoms with Gasteiger partial charge in [-0.1, -0.05) is 284 Å². The van der Waals surface area contributed by atoms with Crippen LogP contribution in [0.5, 0.6) is 11.5 Å². The molecule has 4 fully saturated rings. The third-order valence-corrected chi connectivity index (χ3v) is 33.0. The molecule has 92 heavy (non-hydrogen) atoms. The normalized spacial score (nSPS) is 29.5. The number of rotatable bonds is 12. The Morgan fingerprint density at radius 2 is 0.489 bits per heavy atom. The molecule has 4 aliphatic heterocycles. The molecule has 2 saturated carbocycles. The van der Waals surface area contributed by atoms with Crippen molar-refractivity contribution in [3.8, 4) is 11.5 Å². The smallest absolute Gasteiger partial charge is 0.250 e. The second-order valence-corrected chi connectivity index (χ2v) is 39.9. The second kappa shape index (κ2) is 19.7. The van der Waals surface area contributed by atoms with Crippen molar-refractivity contribution < 1.29 is 27.9 Å². The average Bonchev–Trinajstić information content (AvgIpc) is 1.45. The maximum Gasteiger partial charge on any atom is 0.250 e. The van der Waals surface area contributed by atoms with E-state index in [1.54, 1.807) is 0 Å². The van der Waals surface area contributed by atoms with Gasteiger partial charge in [0.1, 0.15) is 11.5 Å². The Kier molecular flexibility index (Phi) is 12.3. The zero-order chi connectivity index (χ0) is 63.3. The summed E-state index contributed by atoms with van der Waals surface area (Å²) in [5.74, 6) is 0.344. The number of benzene rings is 9. The van der Waals surface area contributed by atoms with E-state index in [1.807, 2.05) is 0 Å². The van der Waals surface area contributed by atoms with Gasteiger partial charge in [-0.25, -0.2) is 0 Å². The predicted molar refractivity (Wildman–Crippen MR) is 371 cm³/mol. The molecule has 2 saturated heterocycles. The number of carbonyl (C=O) groups is 2. The van der Waals surface area contributed by atoms with Crippen LogP contribution in [-0.2, 0) is 40.7 Å². The molecule has 0 N–H and O–H groups in total. The Bertz CT molecular complexity index is 4010. The molecule has 17 rings (SSSR count). The molecule has 8 bridgehead atoms. The van der Waals surface area contributed by atoms with Crippen LogP contribution in [0.15, 0.2) is 243 Å². The van der Waals surface area contributed by atoms with Crippen molar-refractivity contribution in [1.29, 1.82) is 0 Å². The molecular formula is C84H78O6Si2. The first-order valence-corrected chi connectivity index (χ1v) is 39.1.